The summed E-state index contributed by atoms with van der Waals surface area (Å²) in [5.74, 6) is -3.01. The van der Waals surface area contributed by atoms with E-state index in [-0.39, 0.29) is 5.82 Å². The number of alkyl halides is 1. The van der Waals surface area contributed by atoms with Crippen LogP contribution in [0, 0.1) is 0 Å². The van der Waals surface area contributed by atoms with Gasteiger partial charge in [0, 0.05) is 6.20 Å². The molecule has 0 spiro atoms. The van der Waals surface area contributed by atoms with Crippen molar-refractivity contribution < 1.29 is 29.7 Å². The molecular formula is C9H12FN3O6. The zero-order chi connectivity index (χ0) is 14.2. The molecule has 0 bridgehead atoms. The van der Waals surface area contributed by atoms with Crippen molar-refractivity contribution in [3.8, 4) is 0 Å². The van der Waals surface area contributed by atoms with Crippen LogP contribution in [0.4, 0.5) is 10.2 Å². The van der Waals surface area contributed by atoms with Gasteiger partial charge < -0.3 is 20.1 Å². The third-order valence-electron chi connectivity index (χ3n) is 2.81. The quantitative estimate of drug-likeness (QED) is 0.398. The first-order valence-corrected chi connectivity index (χ1v) is 5.26. The summed E-state index contributed by atoms with van der Waals surface area (Å²) in [6.45, 7) is -1.18. The Morgan fingerprint density at radius 2 is 2.26 bits per heavy atom. The summed E-state index contributed by atoms with van der Waals surface area (Å²) in [6, 6.07) is 1.17. The van der Waals surface area contributed by atoms with E-state index in [1.807, 2.05) is 0 Å². The fourth-order valence-corrected chi connectivity index (χ4v) is 1.77. The van der Waals surface area contributed by atoms with Crippen molar-refractivity contribution in [2.75, 3.05) is 12.1 Å². The highest BCUT2D eigenvalue weighted by atomic mass is 19.2. The summed E-state index contributed by atoms with van der Waals surface area (Å²) in [6.07, 6.45) is -4.23. The van der Waals surface area contributed by atoms with E-state index in [4.69, 9.17) is 10.3 Å². The van der Waals surface area contributed by atoms with Gasteiger partial charge in [0.2, 0.25) is 0 Å². The Kier molecular flexibility index (Phi) is 3.52. The van der Waals surface area contributed by atoms with Crippen LogP contribution < -0.4 is 11.2 Å². The minimum Gasteiger partial charge on any atom is -0.390 e. The maximum Gasteiger partial charge on any atom is 0.351 e. The van der Waals surface area contributed by atoms with Gasteiger partial charge in [-0.3, -0.25) is 15.3 Å². The van der Waals surface area contributed by atoms with Crippen molar-refractivity contribution in [3.05, 3.63) is 22.7 Å². The molecule has 4 atom stereocenters. The van der Waals surface area contributed by atoms with E-state index < -0.39 is 36.6 Å². The molecule has 9 nitrogen and oxygen atoms in total. The Labute approximate surface area is 105 Å². The summed E-state index contributed by atoms with van der Waals surface area (Å²) < 4.78 is 19.2. The van der Waals surface area contributed by atoms with Gasteiger partial charge in [-0.1, -0.05) is 0 Å². The minimum atomic E-state index is -2.86. The second-order valence-electron chi connectivity index (χ2n) is 4.00. The maximum absolute atomic E-state index is 13.8. The van der Waals surface area contributed by atoms with E-state index in [1.165, 1.54) is 6.07 Å². The van der Waals surface area contributed by atoms with Gasteiger partial charge in [-0.15, -0.1) is 0 Å². The van der Waals surface area contributed by atoms with Crippen LogP contribution in [0.5, 0.6) is 0 Å². The van der Waals surface area contributed by atoms with Crippen LogP contribution in [-0.2, 0) is 4.74 Å². The fourth-order valence-electron chi connectivity index (χ4n) is 1.77. The predicted octanol–water partition coefficient (Wildman–Crippen LogP) is -2.05. The topological polar surface area (TPSA) is 137 Å². The van der Waals surface area contributed by atoms with Crippen molar-refractivity contribution in [3.63, 3.8) is 0 Å². The Morgan fingerprint density at radius 1 is 1.58 bits per heavy atom. The summed E-state index contributed by atoms with van der Waals surface area (Å²) in [5.41, 5.74) is 0.695. The van der Waals surface area contributed by atoms with E-state index in [1.54, 1.807) is 5.48 Å². The number of aromatic nitrogens is 2. The standard InChI is InChI=1S/C9H12FN3O6/c10-9(3-14)6(16)5(15)7(19-9)13-2-1-4(12-18)11-8(13)17/h1-2,5-7,14-16,18H,3H2,(H,11,12,17)/t5-,6+,7-,9-/m1/s1. The molecule has 19 heavy (non-hydrogen) atoms. The molecule has 0 radical (unpaired) electrons. The van der Waals surface area contributed by atoms with Gasteiger partial charge in [0.05, 0.1) is 0 Å². The van der Waals surface area contributed by atoms with Gasteiger partial charge in [0.1, 0.15) is 18.8 Å². The molecule has 106 valence electrons. The largest absolute Gasteiger partial charge is 0.390 e. The summed E-state index contributed by atoms with van der Waals surface area (Å²) in [4.78, 5) is 14.9. The molecule has 10 heteroatoms. The first-order chi connectivity index (χ1) is 8.92. The molecule has 1 fully saturated rings. The van der Waals surface area contributed by atoms with E-state index in [0.29, 0.717) is 0 Å². The zero-order valence-electron chi connectivity index (χ0n) is 9.47. The van der Waals surface area contributed by atoms with Crippen LogP contribution in [0.25, 0.3) is 0 Å². The zero-order valence-corrected chi connectivity index (χ0v) is 9.47. The third-order valence-corrected chi connectivity index (χ3v) is 2.81. The number of halogens is 1. The number of anilines is 1. The van der Waals surface area contributed by atoms with Crippen molar-refractivity contribution in [1.29, 1.82) is 0 Å². The van der Waals surface area contributed by atoms with Crippen molar-refractivity contribution in [2.45, 2.75) is 24.3 Å². The van der Waals surface area contributed by atoms with E-state index >= 15 is 0 Å². The summed E-state index contributed by atoms with van der Waals surface area (Å²) in [7, 11) is 0. The highest BCUT2D eigenvalue weighted by molar-refractivity contribution is 5.28. The van der Waals surface area contributed by atoms with E-state index in [2.05, 4.69) is 9.72 Å². The molecule has 2 heterocycles. The van der Waals surface area contributed by atoms with Crippen LogP contribution in [-0.4, -0.2) is 54.7 Å². The lowest BCUT2D eigenvalue weighted by Crippen LogP contribution is -2.42. The SMILES string of the molecule is O=c1nc(NO)ccn1[C@@H]1O[C@](F)(CO)[C@@H](O)[C@H]1O. The molecule has 2 rings (SSSR count). The molecule has 0 saturated carbocycles. The van der Waals surface area contributed by atoms with E-state index in [9.17, 15) is 19.4 Å². The molecule has 5 N–H and O–H groups in total. The van der Waals surface area contributed by atoms with Crippen LogP contribution >= 0.6 is 0 Å². The predicted molar refractivity (Wildman–Crippen MR) is 57.0 cm³/mol. The van der Waals surface area contributed by atoms with Crippen molar-refractivity contribution in [1.82, 2.24) is 9.55 Å². The van der Waals surface area contributed by atoms with Crippen molar-refractivity contribution in [2.24, 2.45) is 0 Å². The Hall–Kier alpha value is -1.59. The molecule has 0 aliphatic carbocycles. The summed E-state index contributed by atoms with van der Waals surface area (Å²) >= 11 is 0. The average Bonchev–Trinajstić information content (AvgIpc) is 2.64. The minimum absolute atomic E-state index is 0.150. The molecule has 0 unspecified atom stereocenters. The second kappa shape index (κ2) is 4.83. The highest BCUT2D eigenvalue weighted by Gasteiger charge is 2.55. The lowest BCUT2D eigenvalue weighted by Gasteiger charge is -2.19. The molecule has 1 aliphatic heterocycles. The summed E-state index contributed by atoms with van der Waals surface area (Å²) in [5, 5.41) is 36.5. The Morgan fingerprint density at radius 3 is 2.74 bits per heavy atom. The van der Waals surface area contributed by atoms with Gasteiger partial charge in [-0.05, 0) is 6.07 Å². The number of ether oxygens (including phenoxy) is 1. The molecular weight excluding hydrogens is 265 g/mol. The number of hydrogen-bond acceptors (Lipinski definition) is 8. The van der Waals surface area contributed by atoms with Crippen molar-refractivity contribution >= 4 is 5.82 Å². The smallest absolute Gasteiger partial charge is 0.351 e. The molecule has 1 aromatic heterocycles. The monoisotopic (exact) mass is 277 g/mol. The van der Waals surface area contributed by atoms with Crippen LogP contribution in [0.1, 0.15) is 6.23 Å². The fraction of sp³-hybridized carbons (Fsp3) is 0.556. The number of nitrogens with one attached hydrogen (secondary N) is 1. The molecule has 1 aromatic rings. The highest BCUT2D eigenvalue weighted by Crippen LogP contribution is 2.37. The molecule has 0 amide bonds. The van der Waals surface area contributed by atoms with Crippen LogP contribution in [0.3, 0.4) is 0 Å². The first kappa shape index (κ1) is 13.8. The number of aliphatic hydroxyl groups excluding tert-OH is 3. The number of rotatable bonds is 3. The van der Waals surface area contributed by atoms with Gasteiger partial charge in [-0.2, -0.15) is 4.98 Å². The Bertz CT molecular complexity index is 525. The molecule has 1 saturated heterocycles. The van der Waals surface area contributed by atoms with Gasteiger partial charge in [0.25, 0.3) is 5.85 Å². The average molecular weight is 277 g/mol. The molecule has 1 aliphatic rings. The lowest BCUT2D eigenvalue weighted by molar-refractivity contribution is -0.207. The Balaban J connectivity index is 2.36. The van der Waals surface area contributed by atoms with Crippen LogP contribution in [0.15, 0.2) is 17.1 Å². The van der Waals surface area contributed by atoms with Gasteiger partial charge in [0.15, 0.2) is 12.0 Å². The van der Waals surface area contributed by atoms with E-state index in [0.717, 1.165) is 10.8 Å². The second-order valence-corrected chi connectivity index (χ2v) is 4.00. The van der Waals surface area contributed by atoms with Gasteiger partial charge >= 0.3 is 5.69 Å². The number of nitrogens with zero attached hydrogens (tertiary/aromatic N) is 2. The lowest BCUT2D eigenvalue weighted by atomic mass is 10.1. The normalized spacial score (nSPS) is 34.5. The third kappa shape index (κ3) is 2.19. The number of hydrogen-bond donors (Lipinski definition) is 5. The maximum atomic E-state index is 13.8. The molecule has 0 aromatic carbocycles. The van der Waals surface area contributed by atoms with Crippen LogP contribution in [0.2, 0.25) is 0 Å². The van der Waals surface area contributed by atoms with Gasteiger partial charge in [-0.25, -0.2) is 9.18 Å². The first-order valence-electron chi connectivity index (χ1n) is 5.26. The number of aliphatic hydroxyl groups is 3.